The monoisotopic (exact) mass is 501 g/mol. The quantitative estimate of drug-likeness (QED) is 0.312. The maximum atomic E-state index is 12.4. The van der Waals surface area contributed by atoms with E-state index >= 15 is 0 Å². The Kier molecular flexibility index (Phi) is 6.45. The van der Waals surface area contributed by atoms with Crippen LogP contribution in [0.15, 0.2) is 55.0 Å². The van der Waals surface area contributed by atoms with Gasteiger partial charge in [-0.05, 0) is 57.7 Å². The fourth-order valence-electron chi connectivity index (χ4n) is 4.04. The van der Waals surface area contributed by atoms with Crippen molar-refractivity contribution < 1.29 is 19.0 Å². The maximum absolute atomic E-state index is 12.4. The molecule has 1 fully saturated rings. The molecule has 4 aromatic rings. The Morgan fingerprint density at radius 3 is 2.38 bits per heavy atom. The van der Waals surface area contributed by atoms with Gasteiger partial charge < -0.3 is 19.1 Å². The van der Waals surface area contributed by atoms with Gasteiger partial charge in [0.05, 0.1) is 43.3 Å². The molecule has 9 nitrogen and oxygen atoms in total. The summed E-state index contributed by atoms with van der Waals surface area (Å²) in [5.74, 6) is 2.11. The van der Waals surface area contributed by atoms with Crippen molar-refractivity contribution in [3.8, 4) is 22.8 Å². The Morgan fingerprint density at radius 1 is 1.00 bits per heavy atom. The summed E-state index contributed by atoms with van der Waals surface area (Å²) in [4.78, 5) is 24.1. The first-order valence-electron chi connectivity index (χ1n) is 12.3. The van der Waals surface area contributed by atoms with E-state index in [4.69, 9.17) is 19.2 Å². The van der Waals surface area contributed by atoms with E-state index in [1.165, 1.54) is 17.5 Å². The largest absolute Gasteiger partial charge is 0.497 e. The van der Waals surface area contributed by atoms with Gasteiger partial charge in [0.25, 0.3) is 0 Å². The lowest BCUT2D eigenvalue weighted by Crippen LogP contribution is -2.27. The van der Waals surface area contributed by atoms with E-state index in [1.54, 1.807) is 32.8 Å². The molecule has 1 saturated carbocycles. The zero-order valence-electron chi connectivity index (χ0n) is 21.8. The molecule has 9 heteroatoms. The third-order valence-electron chi connectivity index (χ3n) is 6.08. The van der Waals surface area contributed by atoms with Gasteiger partial charge in [-0.15, -0.1) is 0 Å². The second kappa shape index (κ2) is 9.72. The fraction of sp³-hybridized carbons (Fsp3) is 0.357. The second-order valence-electron chi connectivity index (χ2n) is 10.2. The maximum Gasteiger partial charge on any atom is 0.435 e. The van der Waals surface area contributed by atoms with Crippen LogP contribution < -0.4 is 14.4 Å². The number of rotatable bonds is 7. The molecule has 0 unspecified atom stereocenters. The van der Waals surface area contributed by atoms with E-state index in [2.05, 4.69) is 21.0 Å². The minimum Gasteiger partial charge on any atom is -0.497 e. The van der Waals surface area contributed by atoms with Gasteiger partial charge in [-0.3, -0.25) is 4.98 Å². The zero-order chi connectivity index (χ0) is 26.2. The van der Waals surface area contributed by atoms with Crippen molar-refractivity contribution in [3.05, 3.63) is 55.0 Å². The summed E-state index contributed by atoms with van der Waals surface area (Å²) in [5, 5.41) is 4.16. The van der Waals surface area contributed by atoms with Crippen LogP contribution in [0.2, 0.25) is 0 Å². The first kappa shape index (κ1) is 24.5. The van der Waals surface area contributed by atoms with Crippen LogP contribution in [-0.4, -0.2) is 52.2 Å². The number of methoxy groups -OCH3 is 2. The molecular formula is C28H31N5O4. The third-order valence-corrected chi connectivity index (χ3v) is 6.08. The molecule has 1 aliphatic carbocycles. The van der Waals surface area contributed by atoms with Crippen molar-refractivity contribution in [2.24, 2.45) is 5.92 Å². The van der Waals surface area contributed by atoms with E-state index in [9.17, 15) is 4.79 Å². The van der Waals surface area contributed by atoms with Gasteiger partial charge >= 0.3 is 6.09 Å². The Labute approximate surface area is 216 Å². The summed E-state index contributed by atoms with van der Waals surface area (Å²) in [5.41, 5.74) is 4.21. The molecule has 1 aliphatic rings. The van der Waals surface area contributed by atoms with E-state index in [0.717, 1.165) is 40.5 Å². The highest BCUT2D eigenvalue weighted by Crippen LogP contribution is 2.38. The van der Waals surface area contributed by atoms with Crippen LogP contribution in [0.3, 0.4) is 0 Å². The van der Waals surface area contributed by atoms with Crippen LogP contribution in [0.5, 0.6) is 11.5 Å². The van der Waals surface area contributed by atoms with Crippen LogP contribution in [-0.2, 0) is 4.74 Å². The van der Waals surface area contributed by atoms with Gasteiger partial charge in [0.2, 0.25) is 0 Å². The number of nitrogens with zero attached hydrogens (tertiary/aromatic N) is 5. The minimum atomic E-state index is -0.610. The molecule has 0 amide bonds. The molecule has 0 saturated heterocycles. The highest BCUT2D eigenvalue weighted by atomic mass is 16.6. The molecular weight excluding hydrogens is 470 g/mol. The number of carbonyl (C=O) groups is 1. The minimum absolute atomic E-state index is 0.542. The van der Waals surface area contributed by atoms with Crippen LogP contribution >= 0.6 is 0 Å². The highest BCUT2D eigenvalue weighted by molar-refractivity contribution is 5.83. The predicted octanol–water partition coefficient (Wildman–Crippen LogP) is 5.84. The lowest BCUT2D eigenvalue weighted by Gasteiger charge is -2.26. The average Bonchev–Trinajstić information content (AvgIpc) is 3.57. The van der Waals surface area contributed by atoms with Gasteiger partial charge in [0.1, 0.15) is 17.1 Å². The lowest BCUT2D eigenvalue weighted by atomic mass is 10.1. The van der Waals surface area contributed by atoms with Crippen molar-refractivity contribution in [3.63, 3.8) is 0 Å². The van der Waals surface area contributed by atoms with E-state index in [0.29, 0.717) is 17.2 Å². The van der Waals surface area contributed by atoms with Crippen molar-refractivity contribution >= 4 is 28.5 Å². The molecule has 0 radical (unpaired) electrons. The van der Waals surface area contributed by atoms with Gasteiger partial charge in [0, 0.05) is 47.9 Å². The first-order chi connectivity index (χ1) is 17.7. The molecule has 0 spiro atoms. The number of anilines is 2. The molecule has 0 bridgehead atoms. The van der Waals surface area contributed by atoms with Crippen molar-refractivity contribution in [1.82, 2.24) is 19.7 Å². The Balaban J connectivity index is 1.49. The van der Waals surface area contributed by atoms with Gasteiger partial charge in [-0.2, -0.15) is 9.78 Å². The summed E-state index contributed by atoms with van der Waals surface area (Å²) < 4.78 is 17.6. The van der Waals surface area contributed by atoms with E-state index in [-0.39, 0.29) is 0 Å². The second-order valence-corrected chi connectivity index (χ2v) is 10.2. The normalized spacial score (nSPS) is 13.4. The number of hydrogen-bond acceptors (Lipinski definition) is 8. The van der Waals surface area contributed by atoms with Crippen molar-refractivity contribution in [2.45, 2.75) is 39.2 Å². The molecule has 5 rings (SSSR count). The van der Waals surface area contributed by atoms with Gasteiger partial charge in [-0.25, -0.2) is 9.78 Å². The summed E-state index contributed by atoms with van der Waals surface area (Å²) in [7, 11) is 3.31. The number of aromatic nitrogens is 4. The number of carbonyl (C=O) groups excluding carboxylic acids is 1. The smallest absolute Gasteiger partial charge is 0.435 e. The summed E-state index contributed by atoms with van der Waals surface area (Å²) in [6.45, 7) is 6.33. The predicted molar refractivity (Wildman–Crippen MR) is 142 cm³/mol. The summed E-state index contributed by atoms with van der Waals surface area (Å²) in [6.07, 6.45) is 6.78. The van der Waals surface area contributed by atoms with Crippen LogP contribution in [0.25, 0.3) is 22.3 Å². The summed E-state index contributed by atoms with van der Waals surface area (Å²) in [6, 6.07) is 12.0. The number of fused-ring (bicyclic) bond motifs is 1. The van der Waals surface area contributed by atoms with Crippen molar-refractivity contribution in [2.75, 3.05) is 25.7 Å². The average molecular weight is 502 g/mol. The molecule has 37 heavy (non-hydrogen) atoms. The topological polar surface area (TPSA) is 91.6 Å². The molecule has 0 atom stereocenters. The molecule has 2 aromatic carbocycles. The molecule has 0 N–H and O–H groups in total. The number of hydrogen-bond donors (Lipinski definition) is 0. The lowest BCUT2D eigenvalue weighted by molar-refractivity contribution is 0.0514. The van der Waals surface area contributed by atoms with Crippen molar-refractivity contribution in [1.29, 1.82) is 0 Å². The molecule has 0 aliphatic heterocycles. The Bertz CT molecular complexity index is 1420. The Morgan fingerprint density at radius 2 is 1.73 bits per heavy atom. The fourth-order valence-corrected chi connectivity index (χ4v) is 4.04. The Hall–Kier alpha value is -4.14. The zero-order valence-corrected chi connectivity index (χ0v) is 21.8. The SMILES string of the molecule is COc1cc(OC)cc(N(CC2CC2)c2ccc3ncc(-c4cnn(C(=O)OC(C)(C)C)c4)nc3c2)c1. The third kappa shape index (κ3) is 5.66. The van der Waals surface area contributed by atoms with Crippen LogP contribution in [0, 0.1) is 5.92 Å². The van der Waals surface area contributed by atoms with Crippen LogP contribution in [0.4, 0.5) is 16.2 Å². The molecule has 192 valence electrons. The van der Waals surface area contributed by atoms with Crippen LogP contribution in [0.1, 0.15) is 33.6 Å². The standard InChI is InChI=1S/C28H31N5O4/c1-28(2,3)37-27(34)33-17-19(14-30-33)26-15-29-24-9-8-20(12-25(24)31-26)32(16-18-6-7-18)21-10-22(35-4)13-23(11-21)36-5/h8-15,17-18H,6-7,16H2,1-5H3. The highest BCUT2D eigenvalue weighted by Gasteiger charge is 2.26. The summed E-state index contributed by atoms with van der Waals surface area (Å²) >= 11 is 0. The van der Waals surface area contributed by atoms with Gasteiger partial charge in [0.15, 0.2) is 0 Å². The number of ether oxygens (including phenoxy) is 3. The van der Waals surface area contributed by atoms with E-state index < -0.39 is 11.7 Å². The molecule has 2 aromatic heterocycles. The first-order valence-corrected chi connectivity index (χ1v) is 12.3. The number of benzene rings is 2. The van der Waals surface area contributed by atoms with E-state index in [1.807, 2.05) is 51.1 Å². The molecule has 2 heterocycles. The van der Waals surface area contributed by atoms with Gasteiger partial charge in [-0.1, -0.05) is 0 Å².